The molecule has 0 spiro atoms. The zero-order chi connectivity index (χ0) is 21.0. The topological polar surface area (TPSA) is 99.9 Å². The number of carbonyl (C=O) groups excluding carboxylic acids is 1. The number of hydrogen-bond donors (Lipinski definition) is 2. The van der Waals surface area contributed by atoms with Crippen LogP contribution in [0.2, 0.25) is 0 Å². The van der Waals surface area contributed by atoms with Gasteiger partial charge < -0.3 is 15.4 Å². The van der Waals surface area contributed by atoms with Crippen LogP contribution in [0.25, 0.3) is 0 Å². The monoisotopic (exact) mass is 457 g/mol. The van der Waals surface area contributed by atoms with Gasteiger partial charge in [0.2, 0.25) is 5.95 Å². The second-order valence-corrected chi connectivity index (χ2v) is 8.06. The molecule has 1 aromatic carbocycles. The van der Waals surface area contributed by atoms with E-state index in [-0.39, 0.29) is 12.0 Å². The van der Waals surface area contributed by atoms with Gasteiger partial charge in [-0.1, -0.05) is 12.8 Å². The highest BCUT2D eigenvalue weighted by Crippen LogP contribution is 2.29. The van der Waals surface area contributed by atoms with E-state index in [1.807, 2.05) is 19.9 Å². The number of halogens is 1. The molecule has 1 aromatic heterocycles. The minimum Gasteiger partial charge on any atom is -0.465 e. The molecule has 0 radical (unpaired) electrons. The Balaban J connectivity index is 1.84. The zero-order valence-corrected chi connectivity index (χ0v) is 18.3. The lowest BCUT2D eigenvalue weighted by Crippen LogP contribution is -2.32. The quantitative estimate of drug-likeness (QED) is 0.616. The standard InChI is InChI=1S/C21H24BrN5O2/c1-12-8-15(9-16(18(12)22)20(28)29-3)25-21-24-11-13(2)19(27-21)26-17-7-5-4-6-14(17)10-23/h8-9,11,14,17H,4-7H2,1-3H3,(H2,24,25,26,27)/t14-,17+/m0/s1. The van der Waals surface area contributed by atoms with Crippen molar-refractivity contribution in [3.8, 4) is 6.07 Å². The number of esters is 1. The maximum absolute atomic E-state index is 12.0. The van der Waals surface area contributed by atoms with E-state index in [9.17, 15) is 10.1 Å². The van der Waals surface area contributed by atoms with Crippen molar-refractivity contribution in [1.82, 2.24) is 9.97 Å². The number of nitriles is 1. The molecule has 3 rings (SSSR count). The van der Waals surface area contributed by atoms with Gasteiger partial charge in [-0.3, -0.25) is 0 Å². The summed E-state index contributed by atoms with van der Waals surface area (Å²) in [4.78, 5) is 21.0. The van der Waals surface area contributed by atoms with E-state index in [1.54, 1.807) is 12.3 Å². The van der Waals surface area contributed by atoms with Crippen LogP contribution >= 0.6 is 15.9 Å². The Morgan fingerprint density at radius 3 is 2.76 bits per heavy atom. The summed E-state index contributed by atoms with van der Waals surface area (Å²) in [7, 11) is 1.35. The first-order valence-corrected chi connectivity index (χ1v) is 10.4. The third kappa shape index (κ3) is 4.85. The summed E-state index contributed by atoms with van der Waals surface area (Å²) < 4.78 is 5.55. The lowest BCUT2D eigenvalue weighted by molar-refractivity contribution is 0.0599. The van der Waals surface area contributed by atoms with E-state index in [0.29, 0.717) is 21.7 Å². The number of benzene rings is 1. The molecule has 2 aromatic rings. The molecule has 2 N–H and O–H groups in total. The Bertz CT molecular complexity index is 957. The van der Waals surface area contributed by atoms with Gasteiger partial charge in [-0.15, -0.1) is 0 Å². The minimum absolute atomic E-state index is 0.00809. The van der Waals surface area contributed by atoms with Gasteiger partial charge in [0.1, 0.15) is 5.82 Å². The molecule has 1 fully saturated rings. The van der Waals surface area contributed by atoms with E-state index in [1.165, 1.54) is 7.11 Å². The molecule has 0 amide bonds. The van der Waals surface area contributed by atoms with Crippen LogP contribution in [0.3, 0.4) is 0 Å². The van der Waals surface area contributed by atoms with Crippen molar-refractivity contribution in [2.45, 2.75) is 45.6 Å². The predicted molar refractivity (Wildman–Crippen MR) is 115 cm³/mol. The highest BCUT2D eigenvalue weighted by atomic mass is 79.9. The Hall–Kier alpha value is -2.66. The molecule has 0 bridgehead atoms. The summed E-state index contributed by atoms with van der Waals surface area (Å²) in [5, 5.41) is 16.0. The van der Waals surface area contributed by atoms with Crippen LogP contribution in [0, 0.1) is 31.1 Å². The van der Waals surface area contributed by atoms with E-state index in [0.717, 1.165) is 42.6 Å². The summed E-state index contributed by atoms with van der Waals surface area (Å²) in [6, 6.07) is 6.11. The number of hydrogen-bond acceptors (Lipinski definition) is 7. The first kappa shape index (κ1) is 21.1. The average Bonchev–Trinajstić information content (AvgIpc) is 2.72. The summed E-state index contributed by atoms with van der Waals surface area (Å²) in [5.74, 6) is 0.707. The molecule has 2 atom stereocenters. The second kappa shape index (κ2) is 9.23. The SMILES string of the molecule is COC(=O)c1cc(Nc2ncc(C)c(N[C@@H]3CCCC[C@H]3C#N)n2)cc(C)c1Br. The number of aryl methyl sites for hydroxylation is 2. The Morgan fingerprint density at radius 2 is 2.03 bits per heavy atom. The van der Waals surface area contributed by atoms with E-state index < -0.39 is 5.97 Å². The predicted octanol–water partition coefficient (Wildman–Crippen LogP) is 4.88. The molecule has 152 valence electrons. The molecule has 0 aliphatic heterocycles. The summed E-state index contributed by atoms with van der Waals surface area (Å²) >= 11 is 3.43. The Morgan fingerprint density at radius 1 is 1.28 bits per heavy atom. The first-order valence-electron chi connectivity index (χ1n) is 9.58. The lowest BCUT2D eigenvalue weighted by Gasteiger charge is -2.28. The summed E-state index contributed by atoms with van der Waals surface area (Å²) in [5.41, 5.74) is 2.92. The number of carbonyl (C=O) groups is 1. The largest absolute Gasteiger partial charge is 0.465 e. The fourth-order valence-electron chi connectivity index (χ4n) is 3.51. The smallest absolute Gasteiger partial charge is 0.339 e. The fraction of sp³-hybridized carbons (Fsp3) is 0.429. The van der Waals surface area contributed by atoms with E-state index in [2.05, 4.69) is 42.6 Å². The Labute approximate surface area is 179 Å². The maximum atomic E-state index is 12.0. The van der Waals surface area contributed by atoms with Gasteiger partial charge in [0.15, 0.2) is 0 Å². The van der Waals surface area contributed by atoms with Crippen molar-refractivity contribution in [1.29, 1.82) is 5.26 Å². The molecule has 0 saturated heterocycles. The molecular weight excluding hydrogens is 434 g/mol. The van der Waals surface area contributed by atoms with Crippen LogP contribution < -0.4 is 10.6 Å². The maximum Gasteiger partial charge on any atom is 0.339 e. The number of aromatic nitrogens is 2. The van der Waals surface area contributed by atoms with Crippen LogP contribution in [0.15, 0.2) is 22.8 Å². The second-order valence-electron chi connectivity index (χ2n) is 7.27. The molecule has 1 heterocycles. The zero-order valence-electron chi connectivity index (χ0n) is 16.8. The van der Waals surface area contributed by atoms with E-state index in [4.69, 9.17) is 4.74 Å². The molecule has 1 aliphatic carbocycles. The van der Waals surface area contributed by atoms with Crippen LogP contribution in [-0.4, -0.2) is 29.1 Å². The third-order valence-corrected chi connectivity index (χ3v) is 6.19. The minimum atomic E-state index is -0.421. The molecule has 29 heavy (non-hydrogen) atoms. The fourth-order valence-corrected chi connectivity index (χ4v) is 3.90. The van der Waals surface area contributed by atoms with Gasteiger partial charge in [-0.05, 0) is 60.3 Å². The number of rotatable bonds is 5. The molecular formula is C21H24BrN5O2. The molecule has 1 saturated carbocycles. The van der Waals surface area contributed by atoms with Crippen LogP contribution in [0.5, 0.6) is 0 Å². The van der Waals surface area contributed by atoms with Gasteiger partial charge in [0.05, 0.1) is 24.7 Å². The van der Waals surface area contributed by atoms with Crippen molar-refractivity contribution >= 4 is 39.4 Å². The summed E-state index contributed by atoms with van der Waals surface area (Å²) in [6.45, 7) is 3.84. The van der Waals surface area contributed by atoms with E-state index >= 15 is 0 Å². The third-order valence-electron chi connectivity index (χ3n) is 5.14. The van der Waals surface area contributed by atoms with Gasteiger partial charge in [0.25, 0.3) is 0 Å². The van der Waals surface area contributed by atoms with Crippen molar-refractivity contribution in [3.05, 3.63) is 39.5 Å². The van der Waals surface area contributed by atoms with Gasteiger partial charge in [0, 0.05) is 28.0 Å². The van der Waals surface area contributed by atoms with Gasteiger partial charge in [-0.2, -0.15) is 10.2 Å². The van der Waals surface area contributed by atoms with Crippen LogP contribution in [-0.2, 0) is 4.74 Å². The number of methoxy groups -OCH3 is 1. The van der Waals surface area contributed by atoms with Crippen molar-refractivity contribution in [3.63, 3.8) is 0 Å². The van der Waals surface area contributed by atoms with Crippen molar-refractivity contribution in [2.75, 3.05) is 17.7 Å². The molecule has 7 nitrogen and oxygen atoms in total. The number of anilines is 3. The van der Waals surface area contributed by atoms with Gasteiger partial charge >= 0.3 is 5.97 Å². The summed E-state index contributed by atoms with van der Waals surface area (Å²) in [6.07, 6.45) is 5.82. The number of nitrogens with one attached hydrogen (secondary N) is 2. The number of ether oxygens (including phenoxy) is 1. The van der Waals surface area contributed by atoms with Crippen molar-refractivity contribution < 1.29 is 9.53 Å². The van der Waals surface area contributed by atoms with Crippen molar-refractivity contribution in [2.24, 2.45) is 5.92 Å². The molecule has 8 heteroatoms. The van der Waals surface area contributed by atoms with Crippen LogP contribution in [0.1, 0.15) is 47.2 Å². The Kier molecular flexibility index (Phi) is 6.70. The lowest BCUT2D eigenvalue weighted by atomic mass is 9.85. The highest BCUT2D eigenvalue weighted by molar-refractivity contribution is 9.10. The first-order chi connectivity index (χ1) is 13.9. The molecule has 1 aliphatic rings. The normalized spacial score (nSPS) is 18.6. The van der Waals surface area contributed by atoms with Gasteiger partial charge in [-0.25, -0.2) is 9.78 Å². The number of nitrogens with zero attached hydrogens (tertiary/aromatic N) is 3. The highest BCUT2D eigenvalue weighted by Gasteiger charge is 2.25. The molecule has 0 unspecified atom stereocenters. The average molecular weight is 458 g/mol. The van der Waals surface area contributed by atoms with Crippen LogP contribution in [0.4, 0.5) is 17.5 Å².